The monoisotopic (exact) mass is 719 g/mol. The summed E-state index contributed by atoms with van der Waals surface area (Å²) in [6.07, 6.45) is 1.29. The highest BCUT2D eigenvalue weighted by atomic mass is 19.2. The summed E-state index contributed by atoms with van der Waals surface area (Å²) < 4.78 is 51.5. The van der Waals surface area contributed by atoms with Crippen LogP contribution in [0.5, 0.6) is 5.75 Å². The minimum absolute atomic E-state index is 0.0240. The lowest BCUT2D eigenvalue weighted by Crippen LogP contribution is -2.62. The van der Waals surface area contributed by atoms with Crippen LogP contribution in [0.1, 0.15) is 55.2 Å². The molecule has 1 saturated carbocycles. The number of hydrogen-bond acceptors (Lipinski definition) is 7. The number of carboxylic acids is 1. The van der Waals surface area contributed by atoms with Crippen molar-refractivity contribution in [2.45, 2.75) is 75.7 Å². The average Bonchev–Trinajstić information content (AvgIpc) is 3.97. The van der Waals surface area contributed by atoms with Gasteiger partial charge in [0.2, 0.25) is 11.7 Å². The van der Waals surface area contributed by atoms with Crippen LogP contribution in [0.3, 0.4) is 0 Å². The van der Waals surface area contributed by atoms with Crippen molar-refractivity contribution in [1.29, 1.82) is 0 Å². The topological polar surface area (TPSA) is 125 Å². The van der Waals surface area contributed by atoms with Gasteiger partial charge in [-0.2, -0.15) is 4.39 Å². The Bertz CT molecular complexity index is 1820. The first-order chi connectivity index (χ1) is 25.1. The van der Waals surface area contributed by atoms with E-state index in [9.17, 15) is 37.5 Å². The van der Waals surface area contributed by atoms with Crippen LogP contribution in [0.2, 0.25) is 0 Å². The molecule has 2 aliphatic heterocycles. The van der Waals surface area contributed by atoms with Gasteiger partial charge in [0, 0.05) is 37.3 Å². The minimum atomic E-state index is -1.36. The van der Waals surface area contributed by atoms with E-state index in [0.717, 1.165) is 41.2 Å². The molecular formula is C39H40F3N3O7. The third kappa shape index (κ3) is 8.82. The molecule has 0 spiro atoms. The third-order valence-electron chi connectivity index (χ3n) is 9.65. The van der Waals surface area contributed by atoms with Crippen LogP contribution in [-0.2, 0) is 36.9 Å². The number of aryl methyl sites for hydroxylation is 1. The SMILES string of the molecule is O=CO[C@H](CC(=O)O)CC(=O)N1C[C@H]2CC(c3ccc(CCCOc4c(F)ccc(F)c4F)cc3)=C(C(=O)N(Cc3ccccc3)C3CC3)[C@@H](C1)N2. The summed E-state index contributed by atoms with van der Waals surface area (Å²) >= 11 is 0. The number of rotatable bonds is 16. The lowest BCUT2D eigenvalue weighted by Gasteiger charge is -2.45. The van der Waals surface area contributed by atoms with Gasteiger partial charge in [-0.1, -0.05) is 54.6 Å². The molecule has 6 rings (SSSR count). The van der Waals surface area contributed by atoms with Gasteiger partial charge in [0.05, 0.1) is 25.5 Å². The number of carbonyl (C=O) groups is 4. The Morgan fingerprint density at radius 1 is 0.942 bits per heavy atom. The Labute approximate surface area is 299 Å². The van der Waals surface area contributed by atoms with E-state index in [0.29, 0.717) is 44.0 Å². The van der Waals surface area contributed by atoms with Crippen LogP contribution in [0, 0.1) is 17.5 Å². The second-order valence-electron chi connectivity index (χ2n) is 13.4. The molecule has 0 radical (unpaired) electrons. The second kappa shape index (κ2) is 16.4. The Balaban J connectivity index is 1.22. The number of amides is 2. The molecule has 3 aliphatic rings. The highest BCUT2D eigenvalue weighted by Gasteiger charge is 2.43. The van der Waals surface area contributed by atoms with Crippen molar-refractivity contribution in [3.05, 3.63) is 106 Å². The number of benzene rings is 3. The van der Waals surface area contributed by atoms with E-state index < -0.39 is 47.7 Å². The predicted molar refractivity (Wildman–Crippen MR) is 183 cm³/mol. The van der Waals surface area contributed by atoms with Gasteiger partial charge >= 0.3 is 5.97 Å². The number of aliphatic carboxylic acids is 1. The van der Waals surface area contributed by atoms with Crippen LogP contribution in [0.15, 0.2) is 72.3 Å². The van der Waals surface area contributed by atoms with Crippen LogP contribution >= 0.6 is 0 Å². The standard InChI is InChI=1S/C39H40F3N3O7/c40-31-14-15-32(41)38(37(31)42)51-16-4-7-24-8-10-26(11-9-24)30-17-27-21-44(34(47)18-29(52-23-46)19-35(48)49)22-33(43-27)36(30)39(50)45(28-12-13-28)20-25-5-2-1-3-6-25/h1-3,5-6,8-11,14-15,23,27-29,33,43H,4,7,12-13,16-22H2,(H,48,49)/t27-,29+,33-/m1/s1. The van der Waals surface area contributed by atoms with Gasteiger partial charge < -0.3 is 29.7 Å². The maximum absolute atomic E-state index is 14.7. The number of hydrogen-bond donors (Lipinski definition) is 2. The zero-order valence-electron chi connectivity index (χ0n) is 28.4. The third-order valence-corrected chi connectivity index (χ3v) is 9.65. The second-order valence-corrected chi connectivity index (χ2v) is 13.4. The van der Waals surface area contributed by atoms with E-state index in [-0.39, 0.29) is 49.9 Å². The van der Waals surface area contributed by atoms with Crippen molar-refractivity contribution in [2.24, 2.45) is 0 Å². The van der Waals surface area contributed by atoms with E-state index in [2.05, 4.69) is 5.32 Å². The number of fused-ring (bicyclic) bond motifs is 2. The summed E-state index contributed by atoms with van der Waals surface area (Å²) in [7, 11) is 0. The molecule has 2 fully saturated rings. The van der Waals surface area contributed by atoms with Gasteiger partial charge in [0.1, 0.15) is 6.10 Å². The predicted octanol–water partition coefficient (Wildman–Crippen LogP) is 5.04. The highest BCUT2D eigenvalue weighted by Crippen LogP contribution is 2.37. The number of nitrogens with zero attached hydrogens (tertiary/aromatic N) is 2. The van der Waals surface area contributed by atoms with Crippen LogP contribution in [-0.4, -0.2) is 83.1 Å². The normalized spacial score (nSPS) is 18.8. The van der Waals surface area contributed by atoms with Crippen LogP contribution in [0.4, 0.5) is 13.2 Å². The molecule has 2 heterocycles. The fourth-order valence-corrected chi connectivity index (χ4v) is 6.99. The van der Waals surface area contributed by atoms with Crippen molar-refractivity contribution in [3.63, 3.8) is 0 Å². The van der Waals surface area contributed by atoms with Gasteiger partial charge in [0.15, 0.2) is 17.4 Å². The number of piperazine rings is 1. The maximum Gasteiger partial charge on any atom is 0.307 e. The minimum Gasteiger partial charge on any atom is -0.488 e. The van der Waals surface area contributed by atoms with Crippen LogP contribution in [0.25, 0.3) is 5.57 Å². The summed E-state index contributed by atoms with van der Waals surface area (Å²) in [5.41, 5.74) is 4.25. The Morgan fingerprint density at radius 2 is 1.67 bits per heavy atom. The fraction of sp³-hybridized carbons (Fsp3) is 0.385. The first-order valence-electron chi connectivity index (χ1n) is 17.4. The maximum atomic E-state index is 14.7. The van der Waals surface area contributed by atoms with Crippen molar-refractivity contribution < 1.29 is 46.9 Å². The quantitative estimate of drug-likeness (QED) is 0.120. The smallest absolute Gasteiger partial charge is 0.307 e. The van der Waals surface area contributed by atoms with E-state index in [1.54, 1.807) is 4.90 Å². The molecule has 3 aromatic carbocycles. The molecule has 3 aromatic rings. The number of nitrogens with one attached hydrogen (secondary N) is 1. The molecule has 274 valence electrons. The lowest BCUT2D eigenvalue weighted by molar-refractivity contribution is -0.147. The van der Waals surface area contributed by atoms with Crippen molar-refractivity contribution in [2.75, 3.05) is 19.7 Å². The molecule has 0 unspecified atom stereocenters. The Kier molecular flexibility index (Phi) is 11.6. The molecule has 52 heavy (non-hydrogen) atoms. The molecule has 3 atom stereocenters. The fourth-order valence-electron chi connectivity index (χ4n) is 6.99. The average molecular weight is 720 g/mol. The van der Waals surface area contributed by atoms with Gasteiger partial charge in [-0.25, -0.2) is 8.78 Å². The summed E-state index contributed by atoms with van der Waals surface area (Å²) in [6.45, 7) is 1.05. The van der Waals surface area contributed by atoms with Gasteiger partial charge in [-0.3, -0.25) is 19.2 Å². The summed E-state index contributed by atoms with van der Waals surface area (Å²) in [4.78, 5) is 53.9. The van der Waals surface area contributed by atoms with E-state index in [1.807, 2.05) is 59.5 Å². The lowest BCUT2D eigenvalue weighted by atomic mass is 9.82. The molecule has 1 saturated heterocycles. The number of halogens is 3. The van der Waals surface area contributed by atoms with Gasteiger partial charge in [-0.05, 0) is 66.5 Å². The Morgan fingerprint density at radius 3 is 2.37 bits per heavy atom. The molecule has 1 aliphatic carbocycles. The van der Waals surface area contributed by atoms with Crippen molar-refractivity contribution >= 4 is 29.8 Å². The van der Waals surface area contributed by atoms with Crippen LogP contribution < -0.4 is 10.1 Å². The molecule has 2 N–H and O–H groups in total. The number of carboxylic acid groups (broad SMARTS) is 1. The van der Waals surface area contributed by atoms with E-state index in [4.69, 9.17) is 9.47 Å². The molecule has 2 amide bonds. The zero-order chi connectivity index (χ0) is 36.8. The Hall–Kier alpha value is -5.17. The number of ether oxygens (including phenoxy) is 2. The first-order valence-corrected chi connectivity index (χ1v) is 17.4. The van der Waals surface area contributed by atoms with Crippen molar-refractivity contribution in [3.8, 4) is 5.75 Å². The summed E-state index contributed by atoms with van der Waals surface area (Å²) in [5, 5.41) is 12.8. The summed E-state index contributed by atoms with van der Waals surface area (Å²) in [5.74, 6) is -5.92. The number of carbonyl (C=O) groups excluding carboxylic acids is 3. The van der Waals surface area contributed by atoms with E-state index in [1.165, 1.54) is 0 Å². The molecular weight excluding hydrogens is 679 g/mol. The first kappa shape index (κ1) is 36.6. The summed E-state index contributed by atoms with van der Waals surface area (Å²) in [6, 6.07) is 18.4. The molecule has 0 aromatic heterocycles. The highest BCUT2D eigenvalue weighted by molar-refractivity contribution is 6.03. The van der Waals surface area contributed by atoms with Crippen molar-refractivity contribution in [1.82, 2.24) is 15.1 Å². The largest absolute Gasteiger partial charge is 0.488 e. The molecule has 10 nitrogen and oxygen atoms in total. The van der Waals surface area contributed by atoms with Gasteiger partial charge in [-0.15, -0.1) is 0 Å². The van der Waals surface area contributed by atoms with E-state index >= 15 is 0 Å². The molecule has 13 heteroatoms. The van der Waals surface area contributed by atoms with Gasteiger partial charge in [0.25, 0.3) is 12.4 Å². The zero-order valence-corrected chi connectivity index (χ0v) is 28.4. The molecule has 2 bridgehead atoms.